The van der Waals surface area contributed by atoms with Crippen molar-refractivity contribution in [3.05, 3.63) is 0 Å². The van der Waals surface area contributed by atoms with Gasteiger partial charge in [-0.1, -0.05) is 19.3 Å². The molecule has 0 aromatic carbocycles. The molecule has 3 N–H and O–H groups in total. The number of urea groups is 1. The van der Waals surface area contributed by atoms with Crippen LogP contribution in [-0.2, 0) is 4.79 Å². The lowest BCUT2D eigenvalue weighted by atomic mass is 9.96. The topological polar surface area (TPSA) is 62.6 Å². The fourth-order valence-electron chi connectivity index (χ4n) is 3.31. The number of hydrogen-bond donors (Lipinski definition) is 3. The quantitative estimate of drug-likeness (QED) is 0.710. The Morgan fingerprint density at radius 2 is 1.60 bits per heavy atom. The van der Waals surface area contributed by atoms with Crippen LogP contribution in [-0.4, -0.2) is 37.1 Å². The maximum absolute atomic E-state index is 12.1. The molecule has 0 aromatic heterocycles. The summed E-state index contributed by atoms with van der Waals surface area (Å²) < 4.78 is 0. The van der Waals surface area contributed by atoms with Crippen molar-refractivity contribution in [2.24, 2.45) is 0 Å². The number of hydrogen-bond acceptors (Lipinski definition) is 2. The molecule has 2 fully saturated rings. The van der Waals surface area contributed by atoms with E-state index in [4.69, 9.17) is 0 Å². The van der Waals surface area contributed by atoms with Gasteiger partial charge in [-0.3, -0.25) is 10.1 Å². The first-order valence-electron chi connectivity index (χ1n) is 8.13. The third-order valence-corrected chi connectivity index (χ3v) is 4.68. The van der Waals surface area contributed by atoms with Crippen LogP contribution in [0.15, 0.2) is 0 Å². The Morgan fingerprint density at radius 1 is 1.00 bits per heavy atom. The number of imide groups is 1. The SMILES string of the molecule is C[C@H](C(=O)NC(=O)NC1CCCCC1)[NH+]1CCCCC1. The lowest BCUT2D eigenvalue weighted by molar-refractivity contribution is -0.918. The summed E-state index contributed by atoms with van der Waals surface area (Å²) in [5, 5.41) is 5.44. The molecule has 2 rings (SSSR count). The van der Waals surface area contributed by atoms with E-state index in [1.54, 1.807) is 0 Å². The smallest absolute Gasteiger partial charge is 0.321 e. The van der Waals surface area contributed by atoms with Crippen LogP contribution < -0.4 is 15.5 Å². The Kier molecular flexibility index (Phi) is 5.83. The summed E-state index contributed by atoms with van der Waals surface area (Å²) in [6, 6.07) is -0.202. The zero-order valence-electron chi connectivity index (χ0n) is 12.5. The van der Waals surface area contributed by atoms with Crippen LogP contribution in [0.1, 0.15) is 58.3 Å². The summed E-state index contributed by atoms with van der Waals surface area (Å²) in [5.41, 5.74) is 0. The third kappa shape index (κ3) is 4.47. The Hall–Kier alpha value is -1.10. The number of quaternary nitrogens is 1. The van der Waals surface area contributed by atoms with Gasteiger partial charge in [0.25, 0.3) is 5.91 Å². The van der Waals surface area contributed by atoms with Gasteiger partial charge >= 0.3 is 6.03 Å². The van der Waals surface area contributed by atoms with Crippen molar-refractivity contribution in [2.45, 2.75) is 70.4 Å². The maximum atomic E-state index is 12.1. The number of carbonyl (C=O) groups is 2. The number of amides is 3. The van der Waals surface area contributed by atoms with Gasteiger partial charge in [0, 0.05) is 6.04 Å². The van der Waals surface area contributed by atoms with Gasteiger partial charge in [0.05, 0.1) is 13.1 Å². The van der Waals surface area contributed by atoms with E-state index in [9.17, 15) is 9.59 Å². The summed E-state index contributed by atoms with van der Waals surface area (Å²) in [7, 11) is 0. The minimum atomic E-state index is -0.315. The molecular formula is C15H28N3O2+. The molecule has 114 valence electrons. The van der Waals surface area contributed by atoms with E-state index >= 15 is 0 Å². The lowest BCUT2D eigenvalue weighted by Crippen LogP contribution is -3.17. The molecule has 2 aliphatic rings. The van der Waals surface area contributed by atoms with E-state index in [1.165, 1.54) is 43.4 Å². The third-order valence-electron chi connectivity index (χ3n) is 4.68. The maximum Gasteiger partial charge on any atom is 0.321 e. The first-order chi connectivity index (χ1) is 9.66. The van der Waals surface area contributed by atoms with Crippen molar-refractivity contribution in [3.63, 3.8) is 0 Å². The normalized spacial score (nSPS) is 23.1. The van der Waals surface area contributed by atoms with Gasteiger partial charge in [0.15, 0.2) is 6.04 Å². The van der Waals surface area contributed by atoms with Crippen LogP contribution in [0.3, 0.4) is 0 Å². The highest BCUT2D eigenvalue weighted by atomic mass is 16.2. The van der Waals surface area contributed by atoms with Gasteiger partial charge < -0.3 is 10.2 Å². The van der Waals surface area contributed by atoms with Crippen LogP contribution in [0.5, 0.6) is 0 Å². The van der Waals surface area contributed by atoms with E-state index in [-0.39, 0.29) is 24.0 Å². The van der Waals surface area contributed by atoms with E-state index < -0.39 is 0 Å². The van der Waals surface area contributed by atoms with Gasteiger partial charge in [-0.25, -0.2) is 4.79 Å². The van der Waals surface area contributed by atoms with Crippen molar-refractivity contribution in [2.75, 3.05) is 13.1 Å². The van der Waals surface area contributed by atoms with Gasteiger partial charge in [-0.15, -0.1) is 0 Å². The average Bonchev–Trinajstić information content (AvgIpc) is 2.48. The number of likely N-dealkylation sites (tertiary alicyclic amines) is 1. The van der Waals surface area contributed by atoms with Crippen molar-refractivity contribution < 1.29 is 14.5 Å². The summed E-state index contributed by atoms with van der Waals surface area (Å²) in [6.07, 6.45) is 9.31. The molecule has 0 aromatic rings. The molecule has 3 amide bonds. The molecule has 5 nitrogen and oxygen atoms in total. The van der Waals surface area contributed by atoms with Crippen LogP contribution >= 0.6 is 0 Å². The molecule has 1 aliphatic carbocycles. The second-order valence-electron chi connectivity index (χ2n) is 6.24. The summed E-state index contributed by atoms with van der Waals surface area (Å²) >= 11 is 0. The second-order valence-corrected chi connectivity index (χ2v) is 6.24. The average molecular weight is 282 g/mol. The predicted octanol–water partition coefficient (Wildman–Crippen LogP) is 0.602. The number of nitrogens with one attached hydrogen (secondary N) is 3. The molecule has 1 atom stereocenters. The Labute approximate surface area is 121 Å². The molecular weight excluding hydrogens is 254 g/mol. The zero-order chi connectivity index (χ0) is 14.4. The lowest BCUT2D eigenvalue weighted by Gasteiger charge is -2.28. The molecule has 1 saturated carbocycles. The molecule has 1 aliphatic heterocycles. The van der Waals surface area contributed by atoms with E-state index in [2.05, 4.69) is 10.6 Å². The highest BCUT2D eigenvalue weighted by molar-refractivity contribution is 5.96. The Balaban J connectivity index is 1.73. The van der Waals surface area contributed by atoms with Crippen LogP contribution in [0, 0.1) is 0 Å². The standard InChI is InChI=1S/C15H27N3O2/c1-12(18-10-6-3-7-11-18)14(19)17-15(20)16-13-8-4-2-5-9-13/h12-13H,2-11H2,1H3,(H2,16,17,19,20)/p+1/t12-/m1/s1. The number of rotatable bonds is 3. The van der Waals surface area contributed by atoms with Crippen molar-refractivity contribution >= 4 is 11.9 Å². The minimum absolute atomic E-state index is 0.132. The number of carbonyl (C=O) groups excluding carboxylic acids is 2. The molecule has 1 saturated heterocycles. The van der Waals surface area contributed by atoms with E-state index in [0.717, 1.165) is 25.9 Å². The van der Waals surface area contributed by atoms with Crippen LogP contribution in [0.4, 0.5) is 4.79 Å². The minimum Gasteiger partial charge on any atom is -0.335 e. The predicted molar refractivity (Wildman–Crippen MR) is 77.6 cm³/mol. The first-order valence-corrected chi connectivity index (χ1v) is 8.13. The first kappa shape index (κ1) is 15.3. The summed E-state index contributed by atoms with van der Waals surface area (Å²) in [4.78, 5) is 25.3. The number of piperidine rings is 1. The highest BCUT2D eigenvalue weighted by Gasteiger charge is 2.28. The van der Waals surface area contributed by atoms with E-state index in [0.29, 0.717) is 0 Å². The molecule has 0 radical (unpaired) electrons. The molecule has 0 unspecified atom stereocenters. The van der Waals surface area contributed by atoms with Crippen molar-refractivity contribution in [3.8, 4) is 0 Å². The fraction of sp³-hybridized carbons (Fsp3) is 0.867. The molecule has 0 bridgehead atoms. The Morgan fingerprint density at radius 3 is 2.25 bits per heavy atom. The van der Waals surface area contributed by atoms with Crippen LogP contribution in [0.2, 0.25) is 0 Å². The molecule has 5 heteroatoms. The van der Waals surface area contributed by atoms with Crippen molar-refractivity contribution in [1.82, 2.24) is 10.6 Å². The van der Waals surface area contributed by atoms with Gasteiger partial charge in [0.1, 0.15) is 0 Å². The molecule has 1 heterocycles. The monoisotopic (exact) mass is 282 g/mol. The fourth-order valence-corrected chi connectivity index (χ4v) is 3.31. The largest absolute Gasteiger partial charge is 0.335 e. The second kappa shape index (κ2) is 7.62. The highest BCUT2D eigenvalue weighted by Crippen LogP contribution is 2.17. The van der Waals surface area contributed by atoms with Gasteiger partial charge in [0.2, 0.25) is 0 Å². The molecule has 20 heavy (non-hydrogen) atoms. The summed E-state index contributed by atoms with van der Waals surface area (Å²) in [6.45, 7) is 4.00. The van der Waals surface area contributed by atoms with E-state index in [1.807, 2.05) is 6.92 Å². The Bertz CT molecular complexity index is 334. The zero-order valence-corrected chi connectivity index (χ0v) is 12.5. The van der Waals surface area contributed by atoms with Gasteiger partial charge in [-0.2, -0.15) is 0 Å². The van der Waals surface area contributed by atoms with Gasteiger partial charge in [-0.05, 0) is 39.0 Å². The van der Waals surface area contributed by atoms with Crippen LogP contribution in [0.25, 0.3) is 0 Å². The van der Waals surface area contributed by atoms with Crippen molar-refractivity contribution in [1.29, 1.82) is 0 Å². The molecule has 0 spiro atoms. The summed E-state index contributed by atoms with van der Waals surface area (Å²) in [5.74, 6) is -0.143.